The van der Waals surface area contributed by atoms with E-state index in [-0.39, 0.29) is 11.7 Å². The van der Waals surface area contributed by atoms with E-state index in [0.717, 1.165) is 56.3 Å². The van der Waals surface area contributed by atoms with Crippen molar-refractivity contribution in [2.24, 2.45) is 0 Å². The van der Waals surface area contributed by atoms with Gasteiger partial charge in [0, 0.05) is 42.5 Å². The molecule has 1 atom stereocenters. The molecule has 1 amide bonds. The Balaban J connectivity index is 1.32. The van der Waals surface area contributed by atoms with E-state index >= 15 is 4.39 Å². The molecule has 1 saturated heterocycles. The van der Waals surface area contributed by atoms with Gasteiger partial charge < -0.3 is 19.8 Å². The van der Waals surface area contributed by atoms with Gasteiger partial charge in [0.25, 0.3) is 5.91 Å². The smallest absolute Gasteiger partial charge is 0.258 e. The van der Waals surface area contributed by atoms with Crippen LogP contribution in [-0.4, -0.2) is 61.3 Å². The van der Waals surface area contributed by atoms with Crippen LogP contribution < -0.4 is 9.80 Å². The number of likely N-dealkylation sites (N-methyl/N-ethyl adjacent to an activating group) is 1. The largest absolute Gasteiger partial charge is 0.378 e. The number of fused-ring (bicyclic) bond motifs is 1. The number of hydrogen-bond acceptors (Lipinski definition) is 4. The molecule has 1 saturated carbocycles. The summed E-state index contributed by atoms with van der Waals surface area (Å²) in [5, 5.41) is 10.5. The van der Waals surface area contributed by atoms with Gasteiger partial charge in [0.15, 0.2) is 0 Å². The van der Waals surface area contributed by atoms with Crippen LogP contribution >= 0.6 is 0 Å². The molecule has 2 fully saturated rings. The summed E-state index contributed by atoms with van der Waals surface area (Å²) in [7, 11) is 4.11. The van der Waals surface area contributed by atoms with E-state index in [0.29, 0.717) is 35.9 Å². The average Bonchev–Trinajstić information content (AvgIpc) is 3.48. The molecule has 5 nitrogen and oxygen atoms in total. The summed E-state index contributed by atoms with van der Waals surface area (Å²) in [4.78, 5) is 19.2. The van der Waals surface area contributed by atoms with E-state index in [1.54, 1.807) is 11.0 Å². The van der Waals surface area contributed by atoms with Gasteiger partial charge in [0.1, 0.15) is 11.4 Å². The van der Waals surface area contributed by atoms with Gasteiger partial charge in [0.05, 0.1) is 5.69 Å². The standard InChI is InChI=1S/C28H32FN3O2/c1-30(2)23-11-15-31(19-23)26-8-6-22(18-25(26)29)32-16-10-21-17-20(5-7-24(21)27(32)33)9-14-28(34)12-3-4-13-28/h5-8,17-18,23,34H,3-4,10-13,15-16,19H2,1-2H3/t23-/m1/s1. The van der Waals surface area contributed by atoms with Crippen molar-refractivity contribution in [1.82, 2.24) is 4.90 Å². The zero-order valence-corrected chi connectivity index (χ0v) is 20.0. The molecular weight excluding hydrogens is 429 g/mol. The van der Waals surface area contributed by atoms with Gasteiger partial charge >= 0.3 is 0 Å². The number of halogens is 1. The molecule has 6 heteroatoms. The van der Waals surface area contributed by atoms with Crippen molar-refractivity contribution in [3.8, 4) is 11.8 Å². The van der Waals surface area contributed by atoms with Gasteiger partial charge in [-0.05, 0) is 94.6 Å². The summed E-state index contributed by atoms with van der Waals surface area (Å²) in [6.07, 6.45) is 5.16. The number of carbonyl (C=O) groups excluding carboxylic acids is 1. The maximum atomic E-state index is 15.1. The summed E-state index contributed by atoms with van der Waals surface area (Å²) in [5.74, 6) is 5.73. The lowest BCUT2D eigenvalue weighted by Crippen LogP contribution is -2.37. The molecule has 2 heterocycles. The molecule has 0 unspecified atom stereocenters. The van der Waals surface area contributed by atoms with E-state index in [9.17, 15) is 9.90 Å². The molecule has 2 aliphatic heterocycles. The minimum Gasteiger partial charge on any atom is -0.378 e. The summed E-state index contributed by atoms with van der Waals surface area (Å²) in [6.45, 7) is 2.14. The molecule has 0 spiro atoms. The minimum atomic E-state index is -0.874. The van der Waals surface area contributed by atoms with E-state index in [1.807, 2.05) is 24.3 Å². The van der Waals surface area contributed by atoms with E-state index in [2.05, 4.69) is 35.7 Å². The van der Waals surface area contributed by atoms with Gasteiger partial charge in [-0.1, -0.05) is 11.8 Å². The van der Waals surface area contributed by atoms with Crippen LogP contribution in [-0.2, 0) is 6.42 Å². The molecular formula is C28H32FN3O2. The normalized spacial score (nSPS) is 21.6. The second-order valence-electron chi connectivity index (χ2n) is 10.1. The molecule has 2 aromatic carbocycles. The predicted molar refractivity (Wildman–Crippen MR) is 133 cm³/mol. The van der Waals surface area contributed by atoms with Crippen LogP contribution in [0.1, 0.15) is 53.6 Å². The highest BCUT2D eigenvalue weighted by Crippen LogP contribution is 2.32. The third-order valence-electron chi connectivity index (χ3n) is 7.53. The Hall–Kier alpha value is -2.88. The fourth-order valence-electron chi connectivity index (χ4n) is 5.39. The fraction of sp³-hybridized carbons (Fsp3) is 0.464. The van der Waals surface area contributed by atoms with Gasteiger partial charge in [0.2, 0.25) is 0 Å². The van der Waals surface area contributed by atoms with Crippen molar-refractivity contribution >= 4 is 17.3 Å². The predicted octanol–water partition coefficient (Wildman–Crippen LogP) is 3.83. The molecule has 0 radical (unpaired) electrons. The van der Waals surface area contributed by atoms with Crippen molar-refractivity contribution < 1.29 is 14.3 Å². The van der Waals surface area contributed by atoms with E-state index in [4.69, 9.17) is 0 Å². The second-order valence-corrected chi connectivity index (χ2v) is 10.1. The molecule has 3 aliphatic rings. The minimum absolute atomic E-state index is 0.115. The first-order valence-corrected chi connectivity index (χ1v) is 12.2. The maximum Gasteiger partial charge on any atom is 0.258 e. The number of benzene rings is 2. The average molecular weight is 462 g/mol. The maximum absolute atomic E-state index is 15.1. The van der Waals surface area contributed by atoms with Crippen LogP contribution in [0.2, 0.25) is 0 Å². The van der Waals surface area contributed by atoms with Crippen molar-refractivity contribution in [1.29, 1.82) is 0 Å². The van der Waals surface area contributed by atoms with Crippen LogP contribution in [0.5, 0.6) is 0 Å². The number of aliphatic hydroxyl groups is 1. The van der Waals surface area contributed by atoms with Gasteiger partial charge in [-0.3, -0.25) is 4.79 Å². The number of carbonyl (C=O) groups is 1. The SMILES string of the molecule is CN(C)[C@@H]1CCN(c2ccc(N3CCc4cc(C#CC5(O)CCCC5)ccc4C3=O)cc2F)C1. The summed E-state index contributed by atoms with van der Waals surface area (Å²) in [6, 6.07) is 11.2. The van der Waals surface area contributed by atoms with Crippen LogP contribution in [0.15, 0.2) is 36.4 Å². The Morgan fingerprint density at radius 3 is 2.62 bits per heavy atom. The summed E-state index contributed by atoms with van der Waals surface area (Å²) < 4.78 is 15.1. The lowest BCUT2D eigenvalue weighted by Gasteiger charge is -2.29. The first-order chi connectivity index (χ1) is 16.3. The molecule has 5 rings (SSSR count). The highest BCUT2D eigenvalue weighted by molar-refractivity contribution is 6.08. The highest BCUT2D eigenvalue weighted by Gasteiger charge is 2.30. The van der Waals surface area contributed by atoms with E-state index < -0.39 is 5.60 Å². The Morgan fingerprint density at radius 1 is 1.12 bits per heavy atom. The van der Waals surface area contributed by atoms with E-state index in [1.165, 1.54) is 6.07 Å². The van der Waals surface area contributed by atoms with Crippen molar-refractivity contribution in [3.05, 3.63) is 58.9 Å². The zero-order chi connectivity index (χ0) is 23.9. The first kappa shape index (κ1) is 22.9. The fourth-order valence-corrected chi connectivity index (χ4v) is 5.39. The number of rotatable bonds is 3. The summed E-state index contributed by atoms with van der Waals surface area (Å²) in [5.41, 5.74) is 2.72. The van der Waals surface area contributed by atoms with Gasteiger partial charge in [-0.2, -0.15) is 0 Å². The van der Waals surface area contributed by atoms with Crippen molar-refractivity contribution in [3.63, 3.8) is 0 Å². The number of nitrogens with zero attached hydrogens (tertiary/aromatic N) is 3. The third-order valence-corrected chi connectivity index (χ3v) is 7.53. The van der Waals surface area contributed by atoms with Gasteiger partial charge in [-0.25, -0.2) is 4.39 Å². The first-order valence-electron chi connectivity index (χ1n) is 12.2. The molecule has 0 aromatic heterocycles. The molecule has 0 bridgehead atoms. The van der Waals surface area contributed by atoms with Crippen LogP contribution in [0.4, 0.5) is 15.8 Å². The summed E-state index contributed by atoms with van der Waals surface area (Å²) >= 11 is 0. The molecule has 2 aromatic rings. The molecule has 178 valence electrons. The van der Waals surface area contributed by atoms with Crippen molar-refractivity contribution in [2.75, 3.05) is 43.5 Å². The number of hydrogen-bond donors (Lipinski definition) is 1. The lowest BCUT2D eigenvalue weighted by atomic mass is 9.95. The molecule has 34 heavy (non-hydrogen) atoms. The highest BCUT2D eigenvalue weighted by atomic mass is 19.1. The van der Waals surface area contributed by atoms with Crippen LogP contribution in [0, 0.1) is 17.7 Å². The Labute approximate surface area is 201 Å². The van der Waals surface area contributed by atoms with Gasteiger partial charge in [-0.15, -0.1) is 0 Å². The van der Waals surface area contributed by atoms with Crippen molar-refractivity contribution in [2.45, 2.75) is 50.2 Å². The Morgan fingerprint density at radius 2 is 1.91 bits per heavy atom. The monoisotopic (exact) mass is 461 g/mol. The number of amides is 1. The zero-order valence-electron chi connectivity index (χ0n) is 20.0. The Bertz CT molecular complexity index is 1160. The molecule has 1 aliphatic carbocycles. The quantitative estimate of drug-likeness (QED) is 0.706. The Kier molecular flexibility index (Phi) is 6.09. The topological polar surface area (TPSA) is 47.0 Å². The second kappa shape index (κ2) is 9.05. The van der Waals surface area contributed by atoms with Crippen LogP contribution in [0.25, 0.3) is 0 Å². The molecule has 1 N–H and O–H groups in total. The number of anilines is 2. The third kappa shape index (κ3) is 4.43. The van der Waals surface area contributed by atoms with Crippen LogP contribution in [0.3, 0.4) is 0 Å². The lowest BCUT2D eigenvalue weighted by molar-refractivity contribution is 0.0980.